The first-order valence-corrected chi connectivity index (χ1v) is 36.9. The van der Waals surface area contributed by atoms with Crippen LogP contribution < -0.4 is 19.9 Å². The normalized spacial score (nSPS) is 17.9. The van der Waals surface area contributed by atoms with Crippen molar-refractivity contribution >= 4 is 48.1 Å². The van der Waals surface area contributed by atoms with Crippen LogP contribution in [-0.4, -0.2) is 216 Å². The van der Waals surface area contributed by atoms with E-state index in [1.807, 2.05) is 140 Å². The molecule has 107 heavy (non-hydrogen) atoms. The largest absolute Gasteiger partial charge is 0.445 e. The van der Waals surface area contributed by atoms with Crippen LogP contribution in [0.3, 0.4) is 0 Å². The summed E-state index contributed by atoms with van der Waals surface area (Å²) in [7, 11) is 0. The minimum Gasteiger partial charge on any atom is -0.445 e. The van der Waals surface area contributed by atoms with E-state index < -0.39 is 47.2 Å². The van der Waals surface area contributed by atoms with Crippen LogP contribution in [0.1, 0.15) is 156 Å². The number of amides is 5. The van der Waals surface area contributed by atoms with Gasteiger partial charge in [0.2, 0.25) is 0 Å². The van der Waals surface area contributed by atoms with Gasteiger partial charge >= 0.3 is 24.4 Å². The number of nitrogens with zero attached hydrogens (tertiary/aromatic N) is 9. The molecule has 3 atom stereocenters. The number of para-hydroxylation sites is 2. The maximum Gasteiger partial charge on any atom is 0.410 e. The van der Waals surface area contributed by atoms with Crippen molar-refractivity contribution in [2.75, 3.05) is 115 Å². The van der Waals surface area contributed by atoms with Crippen LogP contribution in [0.4, 0.5) is 30.6 Å². The number of nitrogens with one attached hydrogen (secondary N) is 1. The van der Waals surface area contributed by atoms with E-state index in [-0.39, 0.29) is 65.0 Å². The molecule has 582 valence electrons. The Hall–Kier alpha value is -9.46. The van der Waals surface area contributed by atoms with Gasteiger partial charge in [-0.2, -0.15) is 10.5 Å². The second-order valence-corrected chi connectivity index (χ2v) is 30.9. The molecule has 5 aliphatic heterocycles. The molecule has 0 radical (unpaired) electrons. The van der Waals surface area contributed by atoms with Crippen LogP contribution in [0.5, 0.6) is 5.75 Å². The highest BCUT2D eigenvalue weighted by atomic mass is 16.6. The maximum absolute atomic E-state index is 13.7. The first kappa shape index (κ1) is 86.5. The number of anilines is 2. The lowest BCUT2D eigenvalue weighted by Crippen LogP contribution is -2.58. The maximum atomic E-state index is 13.7. The molecule has 24 heteroatoms. The lowest BCUT2D eigenvalue weighted by Gasteiger charge is -2.41. The molecule has 5 heterocycles. The highest BCUT2D eigenvalue weighted by molar-refractivity contribution is 5.96. The molecular weight excluding hydrogens is 1360 g/mol. The molecule has 0 aromatic heterocycles. The van der Waals surface area contributed by atoms with E-state index >= 15 is 0 Å². The number of benzene rings is 5. The number of carbonyl (C=O) groups is 6. The van der Waals surface area contributed by atoms with Gasteiger partial charge in [0.25, 0.3) is 12.4 Å². The van der Waals surface area contributed by atoms with Crippen molar-refractivity contribution in [3.05, 3.63) is 159 Å². The standard InChI is InChI=1S/C32H42N4O4.C22H24N2O2.C18H26N2O5.C10H20N2O3.CH4/c1-22-16-23(2)28(30(38)35-14-15-36(27(20-35)21-37)31(39)40-32(3,4)5)18-26(22)17-24-10-12-34(13-11-24)29-9-7-6-8-25(29)19-33;1-16-11-17(2)22(26-15-25)13-20(16)12-18-7-9-24(10-8-18)21-6-4-3-5-19(21)14-23;1-18(2,3)25-17(23)20-10-9-19(11-15(20)12-21)16(22)24-13-14-7-5-4-6-8-14;1-10(2,3)15-9(14)12-5-4-11-6-8(12)7-13;/h6-9,16,18,24,27,37H,10-15,17,20-21H2,1-5H3;3-6,11,13,15,18H,7-10,12H2,1-2H3;4-8,15,21H,9-13H2,1-3H3;8,11,13H,4-7H2,1-3H3;1H4/t27-;;15-;8-;/m0.00./s1. The molecule has 4 N–H and O–H groups in total. The fourth-order valence-corrected chi connectivity index (χ4v) is 13.6. The number of aliphatic hydroxyl groups excluding tert-OH is 3. The molecule has 0 spiro atoms. The molecule has 0 bridgehead atoms. The first-order valence-electron chi connectivity index (χ1n) is 36.9. The lowest BCUT2D eigenvalue weighted by molar-refractivity contribution is -0.120. The van der Waals surface area contributed by atoms with Crippen LogP contribution in [0.25, 0.3) is 0 Å². The molecular formula is C83H116N10O14. The number of carbonyl (C=O) groups excluding carboxylic acids is 6. The summed E-state index contributed by atoms with van der Waals surface area (Å²) in [5.74, 6) is 1.70. The summed E-state index contributed by atoms with van der Waals surface area (Å²) >= 11 is 0. The number of hydrogen-bond acceptors (Lipinski definition) is 19. The summed E-state index contributed by atoms with van der Waals surface area (Å²) in [5, 5.41) is 50.6. The first-order chi connectivity index (χ1) is 50.4. The van der Waals surface area contributed by atoms with E-state index in [1.54, 1.807) is 30.6 Å². The fraction of sp³-hybridized carbons (Fsp3) is 0.542. The van der Waals surface area contributed by atoms with Gasteiger partial charge in [0, 0.05) is 90.6 Å². The summed E-state index contributed by atoms with van der Waals surface area (Å²) in [6.45, 7) is 32.1. The number of hydrogen-bond donors (Lipinski definition) is 4. The fourth-order valence-electron chi connectivity index (χ4n) is 13.6. The third-order valence-electron chi connectivity index (χ3n) is 19.3. The van der Waals surface area contributed by atoms with E-state index in [1.165, 1.54) is 37.0 Å². The number of nitriles is 2. The number of aryl methyl sites for hydroxylation is 4. The van der Waals surface area contributed by atoms with E-state index in [2.05, 4.69) is 59.3 Å². The van der Waals surface area contributed by atoms with Gasteiger partial charge in [-0.3, -0.25) is 19.4 Å². The molecule has 0 saturated carbocycles. The molecule has 24 nitrogen and oxygen atoms in total. The molecule has 0 unspecified atom stereocenters. The van der Waals surface area contributed by atoms with E-state index in [0.717, 1.165) is 105 Å². The Bertz CT molecular complexity index is 3820. The third-order valence-corrected chi connectivity index (χ3v) is 19.3. The summed E-state index contributed by atoms with van der Waals surface area (Å²) < 4.78 is 26.5. The second-order valence-electron chi connectivity index (χ2n) is 30.9. The van der Waals surface area contributed by atoms with E-state index in [0.29, 0.717) is 74.5 Å². The van der Waals surface area contributed by atoms with Crippen molar-refractivity contribution in [1.29, 1.82) is 10.5 Å². The number of piperazine rings is 3. The van der Waals surface area contributed by atoms with Gasteiger partial charge in [-0.1, -0.05) is 74.2 Å². The van der Waals surface area contributed by atoms with Crippen molar-refractivity contribution in [3.63, 3.8) is 0 Å². The van der Waals surface area contributed by atoms with Crippen LogP contribution in [0, 0.1) is 62.2 Å². The van der Waals surface area contributed by atoms with Crippen LogP contribution in [0.15, 0.2) is 103 Å². The Balaban J connectivity index is 0.000000235. The Morgan fingerprint density at radius 2 is 0.935 bits per heavy atom. The van der Waals surface area contributed by atoms with Gasteiger partial charge in [-0.25, -0.2) is 19.2 Å². The predicted molar refractivity (Wildman–Crippen MR) is 413 cm³/mol. The van der Waals surface area contributed by atoms with Gasteiger partial charge in [-0.05, 0) is 216 Å². The van der Waals surface area contributed by atoms with Crippen LogP contribution in [0.2, 0.25) is 0 Å². The average molecular weight is 1480 g/mol. The smallest absolute Gasteiger partial charge is 0.410 e. The summed E-state index contributed by atoms with van der Waals surface area (Å²) in [4.78, 5) is 85.7. The van der Waals surface area contributed by atoms with Gasteiger partial charge in [0.15, 0.2) is 0 Å². The zero-order valence-electron chi connectivity index (χ0n) is 64.4. The summed E-state index contributed by atoms with van der Waals surface area (Å²) in [6, 6.07) is 36.7. The summed E-state index contributed by atoms with van der Waals surface area (Å²) in [6.07, 6.45) is 4.41. The highest BCUT2D eigenvalue weighted by Gasteiger charge is 2.38. The Kier molecular flexibility index (Phi) is 32.7. The van der Waals surface area contributed by atoms with E-state index in [9.17, 15) is 49.5 Å². The Morgan fingerprint density at radius 3 is 1.38 bits per heavy atom. The van der Waals surface area contributed by atoms with Crippen molar-refractivity contribution in [2.45, 2.75) is 177 Å². The number of ether oxygens (including phenoxy) is 5. The van der Waals surface area contributed by atoms with Crippen molar-refractivity contribution in [2.24, 2.45) is 11.8 Å². The molecule has 5 amide bonds. The molecule has 0 aliphatic carbocycles. The van der Waals surface area contributed by atoms with Gasteiger partial charge < -0.3 is 68.8 Å². The van der Waals surface area contributed by atoms with Crippen LogP contribution >= 0.6 is 0 Å². The number of aliphatic hydroxyl groups is 3. The van der Waals surface area contributed by atoms with Crippen molar-refractivity contribution in [3.8, 4) is 17.9 Å². The van der Waals surface area contributed by atoms with Crippen molar-refractivity contribution < 1.29 is 67.8 Å². The molecule has 5 aromatic carbocycles. The Labute approximate surface area is 634 Å². The molecule has 5 fully saturated rings. The second kappa shape index (κ2) is 40.5. The molecule has 5 aliphatic rings. The third kappa shape index (κ3) is 25.9. The summed E-state index contributed by atoms with van der Waals surface area (Å²) in [5.41, 5.74) is 10.2. The van der Waals surface area contributed by atoms with Crippen LogP contribution in [-0.2, 0) is 43.2 Å². The van der Waals surface area contributed by atoms with Gasteiger partial charge in [0.05, 0.1) is 60.4 Å². The zero-order valence-corrected chi connectivity index (χ0v) is 64.4. The number of rotatable bonds is 14. The molecule has 10 rings (SSSR count). The topological polar surface area (TPSA) is 292 Å². The minimum atomic E-state index is -0.628. The zero-order chi connectivity index (χ0) is 77.5. The Morgan fingerprint density at radius 1 is 0.514 bits per heavy atom. The highest BCUT2D eigenvalue weighted by Crippen LogP contribution is 2.33. The molecule has 5 aromatic rings. The predicted octanol–water partition coefficient (Wildman–Crippen LogP) is 11.9. The van der Waals surface area contributed by atoms with Crippen molar-refractivity contribution in [1.82, 2.24) is 29.8 Å². The van der Waals surface area contributed by atoms with Gasteiger partial charge in [0.1, 0.15) is 41.3 Å². The van der Waals surface area contributed by atoms with E-state index in [4.69, 9.17) is 28.8 Å². The molecule has 5 saturated heterocycles. The average Bonchev–Trinajstić information content (AvgIpc) is 0.777. The quantitative estimate of drug-likeness (QED) is 0.0593. The van der Waals surface area contributed by atoms with Gasteiger partial charge in [-0.15, -0.1) is 0 Å². The lowest BCUT2D eigenvalue weighted by atomic mass is 9.86. The number of piperidine rings is 2. The SMILES string of the molecule is C.CC(C)(C)OC(=O)N1CCN(C(=O)OCc2ccccc2)C[C@H]1CO.CC(C)(C)OC(=O)N1CCNC[C@H]1CO.Cc1cc(C)c(C(=O)N2CCN(C(=O)OC(C)(C)C)[C@H](CO)C2)cc1CC1CCN(c2ccccc2C#N)CC1.Cc1cc(C)c(OC=O)cc1CC1CCN(c2ccccc2C#N)CC1. The minimum absolute atomic E-state index is 0. The monoisotopic (exact) mass is 1480 g/mol.